The predicted octanol–water partition coefficient (Wildman–Crippen LogP) is 8.04. The number of amides is 1. The van der Waals surface area contributed by atoms with Gasteiger partial charge in [-0.15, -0.1) is 0 Å². The van der Waals surface area contributed by atoms with Crippen molar-refractivity contribution in [1.82, 2.24) is 10.5 Å². The molecule has 0 atom stereocenters. The van der Waals surface area contributed by atoms with E-state index in [2.05, 4.69) is 6.92 Å². The molecule has 0 saturated carbocycles. The number of fused-ring (bicyclic) bond motifs is 1. The highest BCUT2D eigenvalue weighted by molar-refractivity contribution is 7.90. The minimum absolute atomic E-state index is 0. The van der Waals surface area contributed by atoms with E-state index in [1.165, 1.54) is 103 Å². The van der Waals surface area contributed by atoms with Crippen molar-refractivity contribution in [3.8, 4) is 0 Å². The number of benzene rings is 1. The van der Waals surface area contributed by atoms with Crippen LogP contribution in [0, 0.1) is 13.8 Å². The molecule has 6 heteroatoms. The van der Waals surface area contributed by atoms with E-state index in [-0.39, 0.29) is 11.0 Å². The summed E-state index contributed by atoms with van der Waals surface area (Å²) in [6.07, 6.45) is 22.4. The topological polar surface area (TPSA) is 89.5 Å². The van der Waals surface area contributed by atoms with Crippen LogP contribution in [0.1, 0.15) is 137 Å². The summed E-state index contributed by atoms with van der Waals surface area (Å²) in [7, 11) is -2.32. The van der Waals surface area contributed by atoms with Crippen molar-refractivity contribution < 1.29 is 13.2 Å². The predicted molar refractivity (Wildman–Crippen MR) is 143 cm³/mol. The Morgan fingerprint density at radius 3 is 1.56 bits per heavy atom. The first kappa shape index (κ1) is 30.6. The van der Waals surface area contributed by atoms with Gasteiger partial charge in [0.2, 0.25) is 0 Å². The second-order valence-electron chi connectivity index (χ2n) is 9.99. The minimum Gasteiger partial charge on any atom is -0.344 e. The molecule has 1 aromatic rings. The highest BCUT2D eigenvalue weighted by Crippen LogP contribution is 2.35. The summed E-state index contributed by atoms with van der Waals surface area (Å²) in [4.78, 5) is 12.6. The SMILES string of the molecule is CCCCCCCCCCCCCCCCCCc1cc2c(c(C)c1C)C(=O)N(C)S2(=O)=O.N. The fourth-order valence-corrected chi connectivity index (χ4v) is 6.35. The Hall–Kier alpha value is -1.40. The van der Waals surface area contributed by atoms with Gasteiger partial charge in [0.25, 0.3) is 15.9 Å². The summed E-state index contributed by atoms with van der Waals surface area (Å²) in [5.74, 6) is -0.403. The molecule has 1 aromatic carbocycles. The lowest BCUT2D eigenvalue weighted by atomic mass is 9.94. The van der Waals surface area contributed by atoms with Crippen molar-refractivity contribution in [2.24, 2.45) is 0 Å². The summed E-state index contributed by atoms with van der Waals surface area (Å²) < 4.78 is 26.0. The van der Waals surface area contributed by atoms with Crippen LogP contribution in [0.4, 0.5) is 0 Å². The number of aryl methyl sites for hydroxylation is 1. The van der Waals surface area contributed by atoms with Gasteiger partial charge in [-0.1, -0.05) is 103 Å². The molecule has 34 heavy (non-hydrogen) atoms. The van der Waals surface area contributed by atoms with E-state index in [9.17, 15) is 13.2 Å². The summed E-state index contributed by atoms with van der Waals surface area (Å²) >= 11 is 0. The molecule has 0 aliphatic carbocycles. The van der Waals surface area contributed by atoms with Gasteiger partial charge in [-0.05, 0) is 49.4 Å². The Kier molecular flexibility index (Phi) is 14.0. The van der Waals surface area contributed by atoms with Gasteiger partial charge < -0.3 is 6.15 Å². The molecule has 1 aliphatic heterocycles. The molecule has 0 bridgehead atoms. The van der Waals surface area contributed by atoms with Gasteiger partial charge in [-0.25, -0.2) is 12.7 Å². The first-order valence-corrected chi connectivity index (χ1v) is 14.9. The minimum atomic E-state index is -3.67. The van der Waals surface area contributed by atoms with E-state index in [0.29, 0.717) is 5.56 Å². The second-order valence-corrected chi connectivity index (χ2v) is 11.9. The van der Waals surface area contributed by atoms with Gasteiger partial charge in [0.1, 0.15) is 4.90 Å². The maximum absolute atomic E-state index is 12.5. The Balaban J connectivity index is 0.00000578. The number of carbonyl (C=O) groups is 1. The molecular formula is C28H50N2O3S. The van der Waals surface area contributed by atoms with Crippen LogP contribution in [0.2, 0.25) is 0 Å². The lowest BCUT2D eigenvalue weighted by molar-refractivity contribution is 0.0891. The van der Waals surface area contributed by atoms with Crippen molar-refractivity contribution in [3.05, 3.63) is 28.3 Å². The van der Waals surface area contributed by atoms with Gasteiger partial charge in [-0.3, -0.25) is 4.79 Å². The van der Waals surface area contributed by atoms with Crippen LogP contribution >= 0.6 is 0 Å². The number of unbranched alkanes of at least 4 members (excludes halogenated alkanes) is 15. The van der Waals surface area contributed by atoms with Gasteiger partial charge in [0.15, 0.2) is 0 Å². The van der Waals surface area contributed by atoms with Crippen LogP contribution in [-0.2, 0) is 16.4 Å². The second kappa shape index (κ2) is 15.6. The van der Waals surface area contributed by atoms with E-state index >= 15 is 0 Å². The van der Waals surface area contributed by atoms with Gasteiger partial charge >= 0.3 is 0 Å². The monoisotopic (exact) mass is 494 g/mol. The number of nitrogens with zero attached hydrogens (tertiary/aromatic N) is 1. The molecule has 5 nitrogen and oxygen atoms in total. The third kappa shape index (κ3) is 8.37. The average Bonchev–Trinajstić information content (AvgIpc) is 2.96. The first-order valence-electron chi connectivity index (χ1n) is 13.5. The molecule has 3 N–H and O–H groups in total. The molecule has 0 unspecified atom stereocenters. The number of carbonyl (C=O) groups excluding carboxylic acids is 1. The summed E-state index contributed by atoms with van der Waals surface area (Å²) in [5, 5.41) is 0. The summed E-state index contributed by atoms with van der Waals surface area (Å²) in [6.45, 7) is 6.16. The highest BCUT2D eigenvalue weighted by Gasteiger charge is 2.40. The van der Waals surface area contributed by atoms with Crippen molar-refractivity contribution in [3.63, 3.8) is 0 Å². The normalized spacial score (nSPS) is 14.4. The van der Waals surface area contributed by atoms with E-state index in [1.54, 1.807) is 6.07 Å². The quantitative estimate of drug-likeness (QED) is 0.222. The molecule has 2 rings (SSSR count). The van der Waals surface area contributed by atoms with E-state index in [1.807, 2.05) is 13.8 Å². The fraction of sp³-hybridized carbons (Fsp3) is 0.750. The lowest BCUT2D eigenvalue weighted by Gasteiger charge is -2.12. The van der Waals surface area contributed by atoms with Crippen molar-refractivity contribution in [2.75, 3.05) is 7.05 Å². The third-order valence-electron chi connectivity index (χ3n) is 7.41. The van der Waals surface area contributed by atoms with Gasteiger partial charge in [0, 0.05) is 7.05 Å². The molecule has 1 aliphatic rings. The van der Waals surface area contributed by atoms with Crippen molar-refractivity contribution in [2.45, 2.75) is 135 Å². The maximum atomic E-state index is 12.5. The van der Waals surface area contributed by atoms with Crippen molar-refractivity contribution in [1.29, 1.82) is 0 Å². The molecule has 1 heterocycles. The molecule has 0 aromatic heterocycles. The van der Waals surface area contributed by atoms with Gasteiger partial charge in [0.05, 0.1) is 5.56 Å². The zero-order valence-electron chi connectivity index (χ0n) is 22.4. The van der Waals surface area contributed by atoms with Crippen LogP contribution in [-0.4, -0.2) is 25.7 Å². The van der Waals surface area contributed by atoms with E-state index < -0.39 is 15.9 Å². The van der Waals surface area contributed by atoms with Crippen LogP contribution in [0.5, 0.6) is 0 Å². The van der Waals surface area contributed by atoms with Gasteiger partial charge in [-0.2, -0.15) is 0 Å². The van der Waals surface area contributed by atoms with Crippen LogP contribution in [0.25, 0.3) is 0 Å². The zero-order chi connectivity index (χ0) is 24.3. The zero-order valence-corrected chi connectivity index (χ0v) is 23.2. The number of hydrogen-bond donors (Lipinski definition) is 1. The fourth-order valence-electron chi connectivity index (χ4n) is 4.96. The molecular weight excluding hydrogens is 444 g/mol. The van der Waals surface area contributed by atoms with Crippen LogP contribution in [0.3, 0.4) is 0 Å². The largest absolute Gasteiger partial charge is 0.344 e. The summed E-state index contributed by atoms with van der Waals surface area (Å²) in [5.41, 5.74) is 3.32. The van der Waals surface area contributed by atoms with Crippen LogP contribution < -0.4 is 6.15 Å². The Bertz CT molecular complexity index is 865. The molecule has 0 fully saturated rings. The Morgan fingerprint density at radius 1 is 0.706 bits per heavy atom. The Labute approximate surface area is 209 Å². The molecule has 0 saturated heterocycles. The number of hydrogen-bond acceptors (Lipinski definition) is 4. The molecule has 0 radical (unpaired) electrons. The third-order valence-corrected chi connectivity index (χ3v) is 9.17. The number of rotatable bonds is 17. The number of sulfonamides is 1. The Morgan fingerprint density at radius 2 is 1.12 bits per heavy atom. The van der Waals surface area contributed by atoms with E-state index in [4.69, 9.17) is 0 Å². The van der Waals surface area contributed by atoms with E-state index in [0.717, 1.165) is 33.8 Å². The lowest BCUT2D eigenvalue weighted by Crippen LogP contribution is -2.25. The maximum Gasteiger partial charge on any atom is 0.269 e. The highest BCUT2D eigenvalue weighted by atomic mass is 32.2. The molecule has 1 amide bonds. The van der Waals surface area contributed by atoms with Crippen molar-refractivity contribution >= 4 is 15.9 Å². The average molecular weight is 495 g/mol. The molecule has 0 spiro atoms. The van der Waals surface area contributed by atoms with Crippen LogP contribution in [0.15, 0.2) is 11.0 Å². The smallest absolute Gasteiger partial charge is 0.269 e. The molecule has 196 valence electrons. The standard InChI is InChI=1S/C28H47NO3S.H3N/c1-5-6-7-8-9-10-11-12-13-14-15-16-17-18-19-20-21-25-22-26-27(24(3)23(25)2)28(30)29(4)33(26,31)32;/h22H,5-21H2,1-4H3;1H3. The summed E-state index contributed by atoms with van der Waals surface area (Å²) in [6, 6.07) is 1.75. The first-order chi connectivity index (χ1) is 15.8.